The largest absolute Gasteiger partial charge is 0.507 e. The van der Waals surface area contributed by atoms with Crippen LogP contribution in [0.2, 0.25) is 0 Å². The SMILES string of the molecule is Cc1cc(CN2CCCNCCCN(Cc3cc(C)cc(C(=O)NC(O)CO)c3O)CCC2)c(O)c(C[N+](=O)C(O)CO)c1. The molecule has 1 aliphatic heterocycles. The molecular weight excluding hydrogens is 570 g/mol. The summed E-state index contributed by atoms with van der Waals surface area (Å²) in [5.41, 5.74) is 3.37. The van der Waals surface area contributed by atoms with Crippen molar-refractivity contribution in [1.29, 1.82) is 0 Å². The number of carbonyl (C=O) groups excluding carboxylic acids is 1. The highest BCUT2D eigenvalue weighted by atomic mass is 16.4. The number of benzene rings is 2. The summed E-state index contributed by atoms with van der Waals surface area (Å²) in [7, 11) is 0. The highest BCUT2D eigenvalue weighted by Crippen LogP contribution is 2.28. The van der Waals surface area contributed by atoms with E-state index in [4.69, 9.17) is 10.2 Å². The summed E-state index contributed by atoms with van der Waals surface area (Å²) in [6.45, 7) is 7.72. The molecule has 0 aliphatic carbocycles. The van der Waals surface area contributed by atoms with Crippen molar-refractivity contribution >= 4 is 5.91 Å². The van der Waals surface area contributed by atoms with Gasteiger partial charge in [0.2, 0.25) is 6.54 Å². The van der Waals surface area contributed by atoms with Crippen molar-refractivity contribution in [3.05, 3.63) is 62.6 Å². The Hall–Kier alpha value is -3.17. The van der Waals surface area contributed by atoms with E-state index < -0.39 is 31.6 Å². The van der Waals surface area contributed by atoms with Gasteiger partial charge in [0.05, 0.1) is 17.7 Å². The Morgan fingerprint density at radius 3 is 1.93 bits per heavy atom. The number of aromatic hydroxyl groups is 2. The van der Waals surface area contributed by atoms with Crippen molar-refractivity contribution in [2.24, 2.45) is 0 Å². The number of phenols is 2. The molecule has 1 heterocycles. The van der Waals surface area contributed by atoms with Crippen LogP contribution in [0.4, 0.5) is 0 Å². The quantitative estimate of drug-likeness (QED) is 0.129. The molecule has 13 nitrogen and oxygen atoms in total. The van der Waals surface area contributed by atoms with Gasteiger partial charge in [0, 0.05) is 33.9 Å². The van der Waals surface area contributed by atoms with Crippen LogP contribution in [0.1, 0.15) is 57.4 Å². The zero-order valence-corrected chi connectivity index (χ0v) is 25.7. The third kappa shape index (κ3) is 10.5. The predicted molar refractivity (Wildman–Crippen MR) is 164 cm³/mol. The molecule has 2 atom stereocenters. The number of hydrogen-bond donors (Lipinski definition) is 8. The van der Waals surface area contributed by atoms with E-state index in [-0.39, 0.29) is 23.6 Å². The van der Waals surface area contributed by atoms with Crippen LogP contribution in [0.15, 0.2) is 24.3 Å². The maximum absolute atomic E-state index is 12.6. The smallest absolute Gasteiger partial charge is 0.326 e. The number of hydrogen-bond acceptors (Lipinski definition) is 11. The first-order valence-corrected chi connectivity index (χ1v) is 15.1. The number of amides is 1. The molecule has 0 radical (unpaired) electrons. The number of aliphatic hydroxyl groups is 4. The number of aliphatic hydroxyl groups excluding tert-OH is 4. The summed E-state index contributed by atoms with van der Waals surface area (Å²) in [4.78, 5) is 29.3. The summed E-state index contributed by atoms with van der Waals surface area (Å²) in [5, 5.41) is 65.1. The lowest BCUT2D eigenvalue weighted by atomic mass is 10.0. The second kappa shape index (κ2) is 17.4. The van der Waals surface area contributed by atoms with Gasteiger partial charge >= 0.3 is 6.23 Å². The van der Waals surface area contributed by atoms with Gasteiger partial charge in [-0.05, 0) is 90.1 Å². The summed E-state index contributed by atoms with van der Waals surface area (Å²) in [6.07, 6.45) is -0.341. The lowest BCUT2D eigenvalue weighted by Crippen LogP contribution is -2.37. The fraction of sp³-hybridized carbons (Fsp3) is 0.581. The number of nitrogens with one attached hydrogen (secondary N) is 2. The van der Waals surface area contributed by atoms with Gasteiger partial charge in [0.25, 0.3) is 5.91 Å². The first-order valence-electron chi connectivity index (χ1n) is 15.1. The lowest BCUT2D eigenvalue weighted by Gasteiger charge is -2.28. The minimum Gasteiger partial charge on any atom is -0.507 e. The van der Waals surface area contributed by atoms with E-state index in [0.717, 1.165) is 69.7 Å². The fourth-order valence-corrected chi connectivity index (χ4v) is 5.48. The van der Waals surface area contributed by atoms with E-state index in [1.165, 1.54) is 0 Å². The molecule has 3 rings (SSSR count). The summed E-state index contributed by atoms with van der Waals surface area (Å²) < 4.78 is 0.342. The van der Waals surface area contributed by atoms with E-state index in [1.807, 2.05) is 26.0 Å². The van der Waals surface area contributed by atoms with Gasteiger partial charge < -0.3 is 41.3 Å². The molecular formula is C31H48N5O8+. The first-order chi connectivity index (χ1) is 21.0. The normalized spacial score (nSPS) is 17.3. The van der Waals surface area contributed by atoms with Gasteiger partial charge in [0.1, 0.15) is 24.3 Å². The van der Waals surface area contributed by atoms with Gasteiger partial charge in [-0.15, -0.1) is 0 Å². The summed E-state index contributed by atoms with van der Waals surface area (Å²) in [5.74, 6) is -0.815. The standard InChI is InChI=1S/C31H47N5O8/c1-21-12-23(29(41)25(13-21)18-36(44)28(40)20-38)16-34-8-3-6-32-7-4-9-35(11-5-10-34)17-24-14-22(2)15-26(30(24)42)31(43)33-27(39)19-37/h12-15,27-28,32,37-40H,3-11,16-20H2,1-2H3,(H2-,33,41,42,43)/p+1. The average Bonchev–Trinajstić information content (AvgIpc) is 2.98. The van der Waals surface area contributed by atoms with Crippen molar-refractivity contribution in [1.82, 2.24) is 20.4 Å². The van der Waals surface area contributed by atoms with Crippen molar-refractivity contribution < 1.29 is 40.2 Å². The Morgan fingerprint density at radius 1 is 0.841 bits per heavy atom. The molecule has 2 unspecified atom stereocenters. The molecule has 0 spiro atoms. The van der Waals surface area contributed by atoms with Gasteiger partial charge in [-0.1, -0.05) is 17.7 Å². The average molecular weight is 619 g/mol. The van der Waals surface area contributed by atoms with Crippen molar-refractivity contribution in [3.8, 4) is 11.5 Å². The number of aryl methyl sites for hydroxylation is 2. The number of nitrogens with zero attached hydrogens (tertiary/aromatic N) is 3. The van der Waals surface area contributed by atoms with E-state index in [2.05, 4.69) is 20.4 Å². The number of nitroso groups, excluding NO2 is 1. The predicted octanol–water partition coefficient (Wildman–Crippen LogP) is 0.422. The van der Waals surface area contributed by atoms with Gasteiger partial charge in [0.15, 0.2) is 0 Å². The van der Waals surface area contributed by atoms with Gasteiger partial charge in [-0.25, -0.2) is 0 Å². The molecule has 244 valence electrons. The molecule has 1 saturated heterocycles. The van der Waals surface area contributed by atoms with Crippen molar-refractivity contribution in [2.45, 2.75) is 65.2 Å². The van der Waals surface area contributed by atoms with Crippen molar-refractivity contribution in [3.63, 3.8) is 0 Å². The molecule has 0 aromatic heterocycles. The fourth-order valence-electron chi connectivity index (χ4n) is 5.48. The van der Waals surface area contributed by atoms with Crippen LogP contribution < -0.4 is 10.6 Å². The lowest BCUT2D eigenvalue weighted by molar-refractivity contribution is -0.642. The van der Waals surface area contributed by atoms with Crippen LogP contribution in [-0.4, -0.2) is 116 Å². The van der Waals surface area contributed by atoms with E-state index in [0.29, 0.717) is 34.5 Å². The minimum atomic E-state index is -1.56. The Balaban J connectivity index is 1.73. The first kappa shape index (κ1) is 35.3. The molecule has 13 heteroatoms. The monoisotopic (exact) mass is 618 g/mol. The second-order valence-corrected chi connectivity index (χ2v) is 11.5. The van der Waals surface area contributed by atoms with Crippen LogP contribution >= 0.6 is 0 Å². The molecule has 44 heavy (non-hydrogen) atoms. The molecule has 0 saturated carbocycles. The Morgan fingerprint density at radius 2 is 1.36 bits per heavy atom. The van der Waals surface area contributed by atoms with Crippen LogP contribution in [0.25, 0.3) is 0 Å². The maximum atomic E-state index is 12.6. The van der Waals surface area contributed by atoms with Gasteiger partial charge in [-0.2, -0.15) is 0 Å². The van der Waals surface area contributed by atoms with E-state index in [1.54, 1.807) is 12.1 Å². The Labute approximate surface area is 258 Å². The number of rotatable bonds is 11. The van der Waals surface area contributed by atoms with Crippen LogP contribution in [0.5, 0.6) is 11.5 Å². The second-order valence-electron chi connectivity index (χ2n) is 11.5. The molecule has 8 N–H and O–H groups in total. The molecule has 1 aliphatic rings. The maximum Gasteiger partial charge on any atom is 0.326 e. The molecule has 2 aromatic rings. The summed E-state index contributed by atoms with van der Waals surface area (Å²) in [6, 6.07) is 6.99. The van der Waals surface area contributed by atoms with Gasteiger partial charge in [-0.3, -0.25) is 14.6 Å². The molecule has 1 fully saturated rings. The van der Waals surface area contributed by atoms with E-state index >= 15 is 0 Å². The third-order valence-corrected chi connectivity index (χ3v) is 7.67. The summed E-state index contributed by atoms with van der Waals surface area (Å²) >= 11 is 0. The third-order valence-electron chi connectivity index (χ3n) is 7.67. The zero-order chi connectivity index (χ0) is 32.2. The topological polar surface area (TPSA) is 189 Å². The van der Waals surface area contributed by atoms with E-state index in [9.17, 15) is 30.1 Å². The van der Waals surface area contributed by atoms with Crippen LogP contribution in [-0.2, 0) is 19.6 Å². The Bertz CT molecular complexity index is 1260. The minimum absolute atomic E-state index is 0.00808. The van der Waals surface area contributed by atoms with Crippen molar-refractivity contribution in [2.75, 3.05) is 52.5 Å². The zero-order valence-electron chi connectivity index (χ0n) is 25.7. The highest BCUT2D eigenvalue weighted by Gasteiger charge is 2.25. The molecule has 0 bridgehead atoms. The molecule has 2 aromatic carbocycles. The Kier molecular flexibility index (Phi) is 13.9. The molecule has 1 amide bonds. The van der Waals surface area contributed by atoms with Crippen LogP contribution in [0.3, 0.4) is 0 Å². The number of phenolic OH excluding ortho intramolecular Hbond substituents is 2. The number of carbonyl (C=O) groups is 1. The highest BCUT2D eigenvalue weighted by molar-refractivity contribution is 5.97. The van der Waals surface area contributed by atoms with Crippen LogP contribution in [0, 0.1) is 18.8 Å².